The van der Waals surface area contributed by atoms with Crippen LogP contribution >= 0.6 is 11.6 Å². The predicted octanol–water partition coefficient (Wildman–Crippen LogP) is 7.02. The van der Waals surface area contributed by atoms with Gasteiger partial charge in [0.25, 0.3) is 11.8 Å². The third-order valence-corrected chi connectivity index (χ3v) is 14.7. The average Bonchev–Trinajstić information content (AvgIpc) is 3.87. The van der Waals surface area contributed by atoms with Crippen LogP contribution in [-0.2, 0) is 32.5 Å². The Labute approximate surface area is 401 Å². The number of rotatable bonds is 8. The summed E-state index contributed by atoms with van der Waals surface area (Å²) in [6, 6.07) is 13.4. The molecule has 5 aliphatic rings. The lowest BCUT2D eigenvalue weighted by molar-refractivity contribution is -0.141. The van der Waals surface area contributed by atoms with Crippen molar-refractivity contribution in [2.75, 3.05) is 62.0 Å². The highest BCUT2D eigenvalue weighted by atomic mass is 35.5. The third-order valence-electron chi connectivity index (χ3n) is 14.4. The van der Waals surface area contributed by atoms with E-state index in [9.17, 15) is 32.3 Å². The monoisotopic (exact) mass is 971 g/mol. The zero-order valence-electron chi connectivity index (χ0n) is 38.8. The summed E-state index contributed by atoms with van der Waals surface area (Å²) in [6.07, 6.45) is -2.65. The normalized spacial score (nSPS) is 24.0. The van der Waals surface area contributed by atoms with Crippen LogP contribution in [0.1, 0.15) is 89.1 Å². The molecule has 69 heavy (non-hydrogen) atoms. The number of benzene rings is 3. The first-order valence-corrected chi connectivity index (χ1v) is 23.1. The van der Waals surface area contributed by atoms with Crippen LogP contribution < -0.4 is 25.2 Å². The Morgan fingerprint density at radius 3 is 2.43 bits per heavy atom. The second-order valence-electron chi connectivity index (χ2n) is 19.8. The van der Waals surface area contributed by atoms with Gasteiger partial charge >= 0.3 is 6.18 Å². The molecule has 2 N–H and O–H groups in total. The molecule has 3 fully saturated rings. The lowest BCUT2D eigenvalue weighted by Gasteiger charge is -2.41. The summed E-state index contributed by atoms with van der Waals surface area (Å²) in [7, 11) is 7.30. The van der Waals surface area contributed by atoms with Crippen molar-refractivity contribution in [3.63, 3.8) is 0 Å². The van der Waals surface area contributed by atoms with E-state index in [1.165, 1.54) is 29.2 Å². The van der Waals surface area contributed by atoms with E-state index in [2.05, 4.69) is 27.6 Å². The average molecular weight is 972 g/mol. The van der Waals surface area contributed by atoms with Crippen LogP contribution in [0.4, 0.5) is 34.6 Å². The topological polar surface area (TPSA) is 148 Å². The molecule has 5 atom stereocenters. The maximum atomic E-state index is 16.5. The molecular formula is C50H52ClF4N8O6. The number of carbonyl (C=O) groups excluding carboxylic acids is 5. The molecule has 5 aliphatic heterocycles. The molecule has 0 bridgehead atoms. The molecule has 6 heterocycles. The van der Waals surface area contributed by atoms with E-state index in [0.717, 1.165) is 17.3 Å². The molecule has 5 amide bonds. The number of nitrogens with one attached hydrogen (secondary N) is 2. The van der Waals surface area contributed by atoms with E-state index in [0.29, 0.717) is 49.3 Å². The molecule has 0 saturated carbocycles. The largest absolute Gasteiger partial charge is 0.495 e. The van der Waals surface area contributed by atoms with Gasteiger partial charge in [0, 0.05) is 104 Å². The fourth-order valence-electron chi connectivity index (χ4n) is 11.2. The van der Waals surface area contributed by atoms with E-state index in [1.54, 1.807) is 48.3 Å². The first-order chi connectivity index (χ1) is 32.6. The molecule has 9 rings (SSSR count). The second-order valence-corrected chi connectivity index (χ2v) is 20.2. The summed E-state index contributed by atoms with van der Waals surface area (Å²) in [5, 5.41) is 5.14. The number of amides is 5. The zero-order valence-corrected chi connectivity index (χ0v) is 39.5. The van der Waals surface area contributed by atoms with E-state index in [-0.39, 0.29) is 76.8 Å². The van der Waals surface area contributed by atoms with Crippen LogP contribution in [0.25, 0.3) is 0 Å². The highest BCUT2D eigenvalue weighted by Crippen LogP contribution is 2.61. The van der Waals surface area contributed by atoms with Crippen molar-refractivity contribution >= 4 is 58.2 Å². The SMILES string of the molecule is [CH2]N1C[C@]2(c3cnc(C(F)(F)F)cc31)[C@H](CC(C)(C)C)N(C)[C@@H](C(=O)Nc1ccc(C(=O)N3CCN(c4ccc5c(c4)CN(C4CCC(=O)NC4=O)C5=O)CC3)cc1OC)[C@@H]2c1cccc(Cl)c1F. The van der Waals surface area contributed by atoms with Gasteiger partial charge in [0.15, 0.2) is 0 Å². The smallest absolute Gasteiger partial charge is 0.433 e. The number of likely N-dealkylation sites (N-methyl/N-ethyl adjacent to an activating group) is 1. The molecule has 19 heteroatoms. The van der Waals surface area contributed by atoms with Crippen molar-refractivity contribution in [3.8, 4) is 5.75 Å². The third kappa shape index (κ3) is 8.42. The number of piperazine rings is 1. The van der Waals surface area contributed by atoms with Gasteiger partial charge in [-0.3, -0.25) is 39.2 Å². The number of fused-ring (bicyclic) bond motifs is 3. The number of methoxy groups -OCH3 is 1. The molecule has 1 unspecified atom stereocenters. The van der Waals surface area contributed by atoms with Crippen LogP contribution in [0.5, 0.6) is 5.75 Å². The highest BCUT2D eigenvalue weighted by molar-refractivity contribution is 6.30. The van der Waals surface area contributed by atoms with Gasteiger partial charge in [0.1, 0.15) is 23.3 Å². The number of halogens is 5. The maximum absolute atomic E-state index is 16.5. The predicted molar refractivity (Wildman–Crippen MR) is 249 cm³/mol. The Bertz CT molecular complexity index is 2780. The molecule has 1 spiro atoms. The van der Waals surface area contributed by atoms with Crippen molar-refractivity contribution in [1.82, 2.24) is 25.0 Å². The maximum Gasteiger partial charge on any atom is 0.433 e. The summed E-state index contributed by atoms with van der Waals surface area (Å²) in [4.78, 5) is 79.1. The molecule has 3 aromatic carbocycles. The van der Waals surface area contributed by atoms with Crippen molar-refractivity contribution in [1.29, 1.82) is 0 Å². The van der Waals surface area contributed by atoms with Crippen molar-refractivity contribution in [2.45, 2.75) is 82.2 Å². The summed E-state index contributed by atoms with van der Waals surface area (Å²) in [6.45, 7) is 8.11. The molecule has 363 valence electrons. The molecule has 3 saturated heterocycles. The lowest BCUT2D eigenvalue weighted by Crippen LogP contribution is -2.52. The van der Waals surface area contributed by atoms with Crippen molar-refractivity contribution < 1.29 is 46.3 Å². The number of hydrogen-bond acceptors (Lipinski definition) is 10. The molecule has 4 aromatic rings. The van der Waals surface area contributed by atoms with Gasteiger partial charge < -0.3 is 29.7 Å². The number of ether oxygens (including phenoxy) is 1. The summed E-state index contributed by atoms with van der Waals surface area (Å²) in [5.41, 5.74) is 0.761. The minimum atomic E-state index is -4.74. The van der Waals surface area contributed by atoms with Crippen molar-refractivity contribution in [2.24, 2.45) is 5.41 Å². The van der Waals surface area contributed by atoms with Crippen LogP contribution in [0.15, 0.2) is 66.9 Å². The fraction of sp³-hybridized carbons (Fsp3) is 0.420. The number of imide groups is 1. The lowest BCUT2D eigenvalue weighted by atomic mass is 9.63. The number of alkyl halides is 3. The molecule has 1 radical (unpaired) electrons. The first kappa shape index (κ1) is 47.8. The number of piperidine rings is 1. The van der Waals surface area contributed by atoms with Gasteiger partial charge in [-0.1, -0.05) is 44.5 Å². The van der Waals surface area contributed by atoms with Gasteiger partial charge in [-0.15, -0.1) is 0 Å². The van der Waals surface area contributed by atoms with Gasteiger partial charge in [0.2, 0.25) is 17.7 Å². The highest BCUT2D eigenvalue weighted by Gasteiger charge is 2.65. The Morgan fingerprint density at radius 1 is 1.01 bits per heavy atom. The van der Waals surface area contributed by atoms with Gasteiger partial charge in [0.05, 0.1) is 23.9 Å². The summed E-state index contributed by atoms with van der Waals surface area (Å²) in [5.74, 6) is -3.45. The number of likely N-dealkylation sites (tertiary alicyclic amines) is 1. The number of nitrogens with zero attached hydrogens (tertiary/aromatic N) is 6. The molecule has 14 nitrogen and oxygen atoms in total. The quantitative estimate of drug-likeness (QED) is 0.140. The van der Waals surface area contributed by atoms with Crippen molar-refractivity contribution in [3.05, 3.63) is 118 Å². The summed E-state index contributed by atoms with van der Waals surface area (Å²) >= 11 is 6.42. The van der Waals surface area contributed by atoms with Crippen LogP contribution in [-0.4, -0.2) is 114 Å². The van der Waals surface area contributed by atoms with Crippen LogP contribution in [0.2, 0.25) is 5.02 Å². The van der Waals surface area contributed by atoms with E-state index >= 15 is 9.18 Å². The summed E-state index contributed by atoms with van der Waals surface area (Å²) < 4.78 is 64.4. The standard InChI is InChI=1S/C50H52ClF4N8O6/c1-48(2,3)23-39-49(26-59(4)36-22-38(50(53,54)55)56-24-32(36)49)41(31-8-7-9-33(51)42(31)52)43(60(39)5)45(66)57-34-13-10-27(21-37(34)69-6)46(67)62-18-16-61(17-19-62)29-11-12-30-28(20-29)25-63(47(30)68)35-14-15-40(64)58-44(35)65/h7-13,20-22,24,35,39,41,43H,4,14-19,23,25-26H2,1-3,5-6H3,(H,57,66)(H,58,64,65)/t35?,39-,41-,43+,49-/m0/s1. The molecule has 0 aliphatic carbocycles. The van der Waals surface area contributed by atoms with Crippen LogP contribution in [0, 0.1) is 18.3 Å². The van der Waals surface area contributed by atoms with E-state index < -0.39 is 59.0 Å². The zero-order chi connectivity index (χ0) is 49.5. The van der Waals surface area contributed by atoms with E-state index in [4.69, 9.17) is 16.3 Å². The van der Waals surface area contributed by atoms with Gasteiger partial charge in [-0.05, 0) is 85.0 Å². The number of hydrogen-bond donors (Lipinski definition) is 2. The molecule has 1 aromatic heterocycles. The Kier molecular flexibility index (Phi) is 12.2. The van der Waals surface area contributed by atoms with Gasteiger partial charge in [-0.25, -0.2) is 4.39 Å². The second kappa shape index (κ2) is 17.6. The first-order valence-electron chi connectivity index (χ1n) is 22.7. The number of anilines is 3. The Balaban J connectivity index is 0.951. The van der Waals surface area contributed by atoms with Gasteiger partial charge in [-0.2, -0.15) is 13.2 Å². The number of carbonyl (C=O) groups is 5. The number of aromatic nitrogens is 1. The fourth-order valence-corrected chi connectivity index (χ4v) is 11.4. The molecular weight excluding hydrogens is 920 g/mol. The minimum absolute atomic E-state index is 0.0464. The van der Waals surface area contributed by atoms with E-state index in [1.807, 2.05) is 37.8 Å². The Hall–Kier alpha value is -6.27. The minimum Gasteiger partial charge on any atom is -0.495 e. The Morgan fingerprint density at radius 2 is 1.75 bits per heavy atom. The number of pyridine rings is 1. The van der Waals surface area contributed by atoms with Crippen LogP contribution in [0.3, 0.4) is 0 Å².